The molecule has 35 heavy (non-hydrogen) atoms. The molecule has 1 atom stereocenters. The van der Waals surface area contributed by atoms with E-state index in [9.17, 15) is 13.5 Å². The third-order valence-corrected chi connectivity index (χ3v) is 4.68. The van der Waals surface area contributed by atoms with Gasteiger partial charge in [-0.05, 0) is 76.6 Å². The molecule has 7 nitrogen and oxygen atoms in total. The molecule has 0 fully saturated rings. The lowest BCUT2D eigenvalue weighted by molar-refractivity contribution is 0.163. The molecule has 0 aliphatic heterocycles. The first-order valence-corrected chi connectivity index (χ1v) is 13.0. The Kier molecular flexibility index (Phi) is 9.85. The second-order valence-electron chi connectivity index (χ2n) is 9.42. The van der Waals surface area contributed by atoms with Crippen molar-refractivity contribution in [3.63, 3.8) is 0 Å². The van der Waals surface area contributed by atoms with Gasteiger partial charge in [-0.2, -0.15) is 8.42 Å². The van der Waals surface area contributed by atoms with E-state index in [1.165, 1.54) is 5.56 Å². The summed E-state index contributed by atoms with van der Waals surface area (Å²) in [5.41, 5.74) is 3.03. The molecule has 0 bridgehead atoms. The highest BCUT2D eigenvalue weighted by molar-refractivity contribution is 7.85. The molecule has 0 aliphatic rings. The van der Waals surface area contributed by atoms with Crippen LogP contribution in [-0.4, -0.2) is 36.4 Å². The van der Waals surface area contributed by atoms with Crippen molar-refractivity contribution >= 4 is 10.1 Å². The molecule has 0 heterocycles. The Morgan fingerprint density at radius 3 is 1.69 bits per heavy atom. The van der Waals surface area contributed by atoms with Crippen LogP contribution in [0.4, 0.5) is 0 Å². The number of ether oxygens (including phenoxy) is 2. The summed E-state index contributed by atoms with van der Waals surface area (Å²) in [7, 11) is -3.67. The van der Waals surface area contributed by atoms with Gasteiger partial charge in [-0.15, -0.1) is 0 Å². The minimum Gasteiger partial charge on any atom is -0.453 e. The SMILES string of the molecule is CS(=O)(=O)O.Cc1ccc(Oc2ccc(C(O)CNC(C)(C)C)cc2Oc2ccc(C)cc2)cc1. The molecule has 3 aromatic carbocycles. The van der Waals surface area contributed by atoms with Crippen molar-refractivity contribution in [3.05, 3.63) is 83.4 Å². The molecule has 0 saturated heterocycles. The van der Waals surface area contributed by atoms with E-state index >= 15 is 0 Å². The van der Waals surface area contributed by atoms with Crippen LogP contribution < -0.4 is 14.8 Å². The van der Waals surface area contributed by atoms with E-state index in [0.717, 1.165) is 16.9 Å². The van der Waals surface area contributed by atoms with Gasteiger partial charge >= 0.3 is 0 Å². The molecule has 0 saturated carbocycles. The summed E-state index contributed by atoms with van der Waals surface area (Å²) in [4.78, 5) is 0. The number of hydrogen-bond donors (Lipinski definition) is 3. The summed E-state index contributed by atoms with van der Waals surface area (Å²) in [5.74, 6) is 2.61. The molecular formula is C27H35NO6S. The second kappa shape index (κ2) is 12.2. The van der Waals surface area contributed by atoms with Gasteiger partial charge in [-0.1, -0.05) is 41.5 Å². The van der Waals surface area contributed by atoms with Gasteiger partial charge in [0.15, 0.2) is 11.5 Å². The van der Waals surface area contributed by atoms with Crippen LogP contribution in [0, 0.1) is 13.8 Å². The molecule has 0 amide bonds. The maximum Gasteiger partial charge on any atom is 0.261 e. The largest absolute Gasteiger partial charge is 0.453 e. The Balaban J connectivity index is 0.000000784. The molecule has 3 aromatic rings. The third-order valence-electron chi connectivity index (χ3n) is 4.68. The van der Waals surface area contributed by atoms with Gasteiger partial charge in [0.05, 0.1) is 12.4 Å². The van der Waals surface area contributed by atoms with Crippen LogP contribution in [0.25, 0.3) is 0 Å². The van der Waals surface area contributed by atoms with Gasteiger partial charge in [0, 0.05) is 12.1 Å². The lowest BCUT2D eigenvalue weighted by Crippen LogP contribution is -2.38. The van der Waals surface area contributed by atoms with Crippen molar-refractivity contribution < 1.29 is 27.6 Å². The number of hydrogen-bond acceptors (Lipinski definition) is 6. The van der Waals surface area contributed by atoms with Crippen LogP contribution >= 0.6 is 0 Å². The molecule has 1 unspecified atom stereocenters. The highest BCUT2D eigenvalue weighted by atomic mass is 32.2. The number of benzene rings is 3. The molecule has 3 N–H and O–H groups in total. The van der Waals surface area contributed by atoms with Gasteiger partial charge in [-0.3, -0.25) is 4.55 Å². The fraction of sp³-hybridized carbons (Fsp3) is 0.333. The van der Waals surface area contributed by atoms with Crippen molar-refractivity contribution in [2.24, 2.45) is 0 Å². The Morgan fingerprint density at radius 2 is 1.26 bits per heavy atom. The molecule has 0 radical (unpaired) electrons. The fourth-order valence-electron chi connectivity index (χ4n) is 2.88. The molecule has 0 spiro atoms. The number of rotatable bonds is 7. The van der Waals surface area contributed by atoms with Gasteiger partial charge in [-0.25, -0.2) is 0 Å². The maximum atomic E-state index is 10.7. The lowest BCUT2D eigenvalue weighted by atomic mass is 10.1. The molecule has 0 aromatic heterocycles. The van der Waals surface area contributed by atoms with Crippen LogP contribution in [0.2, 0.25) is 0 Å². The number of aryl methyl sites for hydroxylation is 2. The minimum atomic E-state index is -3.67. The zero-order chi connectivity index (χ0) is 26.2. The fourth-order valence-corrected chi connectivity index (χ4v) is 2.88. The second-order valence-corrected chi connectivity index (χ2v) is 10.9. The van der Waals surface area contributed by atoms with Crippen LogP contribution in [0.3, 0.4) is 0 Å². The van der Waals surface area contributed by atoms with Crippen LogP contribution in [0.15, 0.2) is 66.7 Å². The van der Waals surface area contributed by atoms with Gasteiger partial charge in [0.2, 0.25) is 0 Å². The molecular weight excluding hydrogens is 466 g/mol. The van der Waals surface area contributed by atoms with Crippen molar-refractivity contribution in [3.8, 4) is 23.0 Å². The van der Waals surface area contributed by atoms with E-state index in [2.05, 4.69) is 26.1 Å². The van der Waals surface area contributed by atoms with Crippen LogP contribution in [0.5, 0.6) is 23.0 Å². The van der Waals surface area contributed by atoms with E-state index in [1.807, 2.05) is 80.6 Å². The van der Waals surface area contributed by atoms with E-state index in [0.29, 0.717) is 30.0 Å². The lowest BCUT2D eigenvalue weighted by Gasteiger charge is -2.23. The highest BCUT2D eigenvalue weighted by Crippen LogP contribution is 2.37. The summed E-state index contributed by atoms with van der Waals surface area (Å²) < 4.78 is 38.1. The van der Waals surface area contributed by atoms with Crippen molar-refractivity contribution in [2.45, 2.75) is 46.3 Å². The molecule has 8 heteroatoms. The van der Waals surface area contributed by atoms with Gasteiger partial charge in [0.1, 0.15) is 11.5 Å². The van der Waals surface area contributed by atoms with Gasteiger partial charge < -0.3 is 19.9 Å². The summed E-state index contributed by atoms with van der Waals surface area (Å²) in [6, 6.07) is 21.3. The number of aliphatic hydroxyl groups excluding tert-OH is 1. The normalized spacial score (nSPS) is 12.3. The summed E-state index contributed by atoms with van der Waals surface area (Å²) in [5, 5.41) is 14.0. The first-order valence-electron chi connectivity index (χ1n) is 11.2. The number of β-amino-alcohol motifs (C(OH)–C–C–N with tert-alkyl or cyclic N) is 1. The predicted octanol–water partition coefficient (Wildman–Crippen LogP) is 5.81. The van der Waals surface area contributed by atoms with E-state index in [1.54, 1.807) is 0 Å². The highest BCUT2D eigenvalue weighted by Gasteiger charge is 2.17. The first kappa shape index (κ1) is 28.3. The number of nitrogens with one attached hydrogen (secondary N) is 1. The maximum absolute atomic E-state index is 10.7. The zero-order valence-corrected chi connectivity index (χ0v) is 21.9. The average molecular weight is 502 g/mol. The Morgan fingerprint density at radius 1 is 0.829 bits per heavy atom. The van der Waals surface area contributed by atoms with Crippen molar-refractivity contribution in [1.29, 1.82) is 0 Å². The Labute approximate surface area is 208 Å². The average Bonchev–Trinajstić information content (AvgIpc) is 2.74. The molecule has 3 rings (SSSR count). The molecule has 0 aliphatic carbocycles. The van der Waals surface area contributed by atoms with E-state index < -0.39 is 16.2 Å². The summed E-state index contributed by atoms with van der Waals surface area (Å²) in [6.07, 6.45) is 0.0607. The minimum absolute atomic E-state index is 0.0727. The van der Waals surface area contributed by atoms with E-state index in [-0.39, 0.29) is 5.54 Å². The van der Waals surface area contributed by atoms with Crippen LogP contribution in [0.1, 0.15) is 43.6 Å². The quantitative estimate of drug-likeness (QED) is 0.351. The standard InChI is InChI=1S/C26H31NO3.CH4O3S/c1-18-6-11-21(12-7-18)29-24-15-10-20(23(28)17-27-26(3,4)5)16-25(24)30-22-13-8-19(2)9-14-22;1-5(2,3)4/h6-16,23,27-28H,17H2,1-5H3;1H3,(H,2,3,4). The monoisotopic (exact) mass is 501 g/mol. The smallest absolute Gasteiger partial charge is 0.261 e. The van der Waals surface area contributed by atoms with Crippen molar-refractivity contribution in [2.75, 3.05) is 12.8 Å². The first-order chi connectivity index (χ1) is 16.2. The Bertz CT molecular complexity index is 1180. The predicted molar refractivity (Wildman–Crippen MR) is 139 cm³/mol. The molecule has 190 valence electrons. The third kappa shape index (κ3) is 11.4. The summed E-state index contributed by atoms with van der Waals surface area (Å²) >= 11 is 0. The topological polar surface area (TPSA) is 105 Å². The van der Waals surface area contributed by atoms with Crippen molar-refractivity contribution in [1.82, 2.24) is 5.32 Å². The Hall–Kier alpha value is -2.91. The summed E-state index contributed by atoms with van der Waals surface area (Å²) in [6.45, 7) is 10.7. The van der Waals surface area contributed by atoms with Gasteiger partial charge in [0.25, 0.3) is 10.1 Å². The van der Waals surface area contributed by atoms with E-state index in [4.69, 9.17) is 14.0 Å². The number of aliphatic hydroxyl groups is 1. The zero-order valence-electron chi connectivity index (χ0n) is 21.1. The van der Waals surface area contributed by atoms with Crippen LogP contribution in [-0.2, 0) is 10.1 Å².